The highest BCUT2D eigenvalue weighted by molar-refractivity contribution is 7.92. The van der Waals surface area contributed by atoms with Crippen molar-refractivity contribution in [3.63, 3.8) is 0 Å². The molecule has 0 aliphatic heterocycles. The third-order valence-corrected chi connectivity index (χ3v) is 5.30. The molecular weight excluding hydrogens is 384 g/mol. The van der Waals surface area contributed by atoms with Crippen LogP contribution in [0.1, 0.15) is 6.92 Å². The highest BCUT2D eigenvalue weighted by atomic mass is 32.2. The fourth-order valence-corrected chi connectivity index (χ4v) is 3.84. The summed E-state index contributed by atoms with van der Waals surface area (Å²) in [5.41, 5.74) is 0.727. The van der Waals surface area contributed by atoms with E-state index in [1.165, 1.54) is 27.2 Å². The van der Waals surface area contributed by atoms with Gasteiger partial charge in [-0.05, 0) is 43.3 Å². The lowest BCUT2D eigenvalue weighted by molar-refractivity contribution is -0.116. The monoisotopic (exact) mass is 408 g/mol. The maximum absolute atomic E-state index is 12.8. The zero-order valence-corrected chi connectivity index (χ0v) is 17.2. The van der Waals surface area contributed by atoms with Crippen LogP contribution in [-0.2, 0) is 14.8 Å². The van der Waals surface area contributed by atoms with Crippen molar-refractivity contribution in [2.45, 2.75) is 13.0 Å². The molecule has 0 radical (unpaired) electrons. The summed E-state index contributed by atoms with van der Waals surface area (Å²) >= 11 is 0. The van der Waals surface area contributed by atoms with E-state index >= 15 is 0 Å². The first-order chi connectivity index (χ1) is 13.2. The van der Waals surface area contributed by atoms with E-state index in [4.69, 9.17) is 14.2 Å². The summed E-state index contributed by atoms with van der Waals surface area (Å²) in [6, 6.07) is 10.4. The Bertz CT molecular complexity index is 928. The number of amides is 1. The summed E-state index contributed by atoms with van der Waals surface area (Å²) in [5.74, 6) is 0.882. The summed E-state index contributed by atoms with van der Waals surface area (Å²) in [4.78, 5) is 12.8. The number of ether oxygens (including phenoxy) is 3. The number of carbonyl (C=O) groups excluding carboxylic acids is 1. The van der Waals surface area contributed by atoms with E-state index in [9.17, 15) is 13.2 Å². The number of nitrogens with zero attached hydrogens (tertiary/aromatic N) is 1. The number of sulfonamides is 1. The van der Waals surface area contributed by atoms with Crippen molar-refractivity contribution in [2.24, 2.45) is 0 Å². The minimum absolute atomic E-state index is 0.210. The first-order valence-electron chi connectivity index (χ1n) is 8.37. The van der Waals surface area contributed by atoms with E-state index in [2.05, 4.69) is 5.32 Å². The second-order valence-electron chi connectivity index (χ2n) is 5.99. The lowest BCUT2D eigenvalue weighted by Crippen LogP contribution is -2.45. The minimum Gasteiger partial charge on any atom is -0.497 e. The van der Waals surface area contributed by atoms with Gasteiger partial charge in [-0.25, -0.2) is 8.42 Å². The maximum Gasteiger partial charge on any atom is 0.247 e. The topological polar surface area (TPSA) is 94.2 Å². The first kappa shape index (κ1) is 21.4. The molecule has 152 valence electrons. The van der Waals surface area contributed by atoms with Crippen LogP contribution >= 0.6 is 0 Å². The van der Waals surface area contributed by atoms with E-state index in [0.717, 1.165) is 10.6 Å². The Balaban J connectivity index is 2.38. The molecule has 8 nitrogen and oxygen atoms in total. The van der Waals surface area contributed by atoms with Crippen molar-refractivity contribution in [3.8, 4) is 17.2 Å². The zero-order valence-electron chi connectivity index (χ0n) is 16.4. The molecule has 9 heteroatoms. The molecule has 0 saturated carbocycles. The van der Waals surface area contributed by atoms with Gasteiger partial charge in [-0.3, -0.25) is 9.10 Å². The number of hydrogen-bond donors (Lipinski definition) is 1. The average Bonchev–Trinajstić information content (AvgIpc) is 2.67. The maximum atomic E-state index is 12.8. The molecule has 1 N–H and O–H groups in total. The third-order valence-electron chi connectivity index (χ3n) is 4.07. The minimum atomic E-state index is -3.81. The summed E-state index contributed by atoms with van der Waals surface area (Å²) in [6.07, 6.45) is 1.03. The van der Waals surface area contributed by atoms with Gasteiger partial charge in [-0.15, -0.1) is 0 Å². The fourth-order valence-electron chi connectivity index (χ4n) is 2.67. The Hall–Kier alpha value is -2.94. The number of carbonyl (C=O) groups is 1. The number of benzene rings is 2. The SMILES string of the molecule is COc1ccc(NC(=O)[C@@H](C)N(c2cc(OC)ccc2OC)S(C)(=O)=O)cc1. The number of hydrogen-bond acceptors (Lipinski definition) is 6. The van der Waals surface area contributed by atoms with Crippen LogP contribution in [0.4, 0.5) is 11.4 Å². The average molecular weight is 408 g/mol. The lowest BCUT2D eigenvalue weighted by atomic mass is 10.2. The van der Waals surface area contributed by atoms with Crippen LogP contribution in [0.3, 0.4) is 0 Å². The molecule has 2 aromatic rings. The fraction of sp³-hybridized carbons (Fsp3) is 0.316. The molecule has 28 heavy (non-hydrogen) atoms. The predicted molar refractivity (Wildman–Crippen MR) is 108 cm³/mol. The molecule has 0 fully saturated rings. The van der Waals surface area contributed by atoms with Crippen LogP contribution in [-0.4, -0.2) is 48.0 Å². The van der Waals surface area contributed by atoms with E-state index in [1.807, 2.05) is 0 Å². The standard InChI is InChI=1S/C19H24N2O6S/c1-13(19(22)20-14-6-8-15(25-2)9-7-14)21(28(5,23)24)17-12-16(26-3)10-11-18(17)27-4/h6-13H,1-5H3,(H,20,22)/t13-/m1/s1. The van der Waals surface area contributed by atoms with Crippen LogP contribution in [0.5, 0.6) is 17.2 Å². The second-order valence-corrected chi connectivity index (χ2v) is 7.85. The molecule has 0 saturated heterocycles. The summed E-state index contributed by atoms with van der Waals surface area (Å²) in [6.45, 7) is 1.50. The number of nitrogens with one attached hydrogen (secondary N) is 1. The van der Waals surface area contributed by atoms with Gasteiger partial charge < -0.3 is 19.5 Å². The molecule has 0 bridgehead atoms. The number of rotatable bonds is 8. The van der Waals surface area contributed by atoms with Gasteiger partial charge in [0.25, 0.3) is 0 Å². The van der Waals surface area contributed by atoms with E-state index in [-0.39, 0.29) is 5.69 Å². The van der Waals surface area contributed by atoms with Crippen molar-refractivity contribution in [1.82, 2.24) is 0 Å². The molecule has 0 aromatic heterocycles. The molecule has 0 unspecified atom stereocenters. The molecule has 2 rings (SSSR count). The smallest absolute Gasteiger partial charge is 0.247 e. The van der Waals surface area contributed by atoms with Crippen LogP contribution in [0, 0.1) is 0 Å². The van der Waals surface area contributed by atoms with E-state index < -0.39 is 22.0 Å². The second kappa shape index (κ2) is 8.83. The largest absolute Gasteiger partial charge is 0.497 e. The van der Waals surface area contributed by atoms with Crippen LogP contribution < -0.4 is 23.8 Å². The molecule has 0 aliphatic rings. The van der Waals surface area contributed by atoms with Gasteiger partial charge in [0, 0.05) is 11.8 Å². The van der Waals surface area contributed by atoms with E-state index in [1.54, 1.807) is 43.5 Å². The highest BCUT2D eigenvalue weighted by Crippen LogP contribution is 2.35. The Kier molecular flexibility index (Phi) is 6.74. The van der Waals surface area contributed by atoms with Crippen LogP contribution in [0.2, 0.25) is 0 Å². The van der Waals surface area contributed by atoms with E-state index in [0.29, 0.717) is 22.9 Å². The van der Waals surface area contributed by atoms with Gasteiger partial charge in [-0.1, -0.05) is 0 Å². The third kappa shape index (κ3) is 4.86. The van der Waals surface area contributed by atoms with Crippen molar-refractivity contribution >= 4 is 27.3 Å². The van der Waals surface area contributed by atoms with Gasteiger partial charge in [0.2, 0.25) is 15.9 Å². The Morgan fingerprint density at radius 2 is 1.54 bits per heavy atom. The molecule has 0 heterocycles. The van der Waals surface area contributed by atoms with Crippen LogP contribution in [0.15, 0.2) is 42.5 Å². The Morgan fingerprint density at radius 3 is 2.04 bits per heavy atom. The Morgan fingerprint density at radius 1 is 0.964 bits per heavy atom. The molecule has 1 atom stereocenters. The van der Waals surface area contributed by atoms with Crippen molar-refractivity contribution in [2.75, 3.05) is 37.2 Å². The summed E-state index contributed by atoms with van der Waals surface area (Å²) in [7, 11) is 0.630. The number of anilines is 2. The summed E-state index contributed by atoms with van der Waals surface area (Å²) in [5, 5.41) is 2.71. The first-order valence-corrected chi connectivity index (χ1v) is 10.2. The number of methoxy groups -OCH3 is 3. The van der Waals surface area contributed by atoms with Crippen molar-refractivity contribution in [1.29, 1.82) is 0 Å². The zero-order chi connectivity index (χ0) is 20.9. The van der Waals surface area contributed by atoms with Gasteiger partial charge in [-0.2, -0.15) is 0 Å². The highest BCUT2D eigenvalue weighted by Gasteiger charge is 2.31. The lowest BCUT2D eigenvalue weighted by Gasteiger charge is -2.29. The van der Waals surface area contributed by atoms with Gasteiger partial charge in [0.05, 0.1) is 33.3 Å². The van der Waals surface area contributed by atoms with Crippen molar-refractivity contribution in [3.05, 3.63) is 42.5 Å². The normalized spacial score (nSPS) is 12.0. The molecule has 1 amide bonds. The Labute approximate surface area is 165 Å². The van der Waals surface area contributed by atoms with Gasteiger partial charge in [0.15, 0.2) is 0 Å². The molecule has 0 aliphatic carbocycles. The molecular formula is C19H24N2O6S. The summed E-state index contributed by atoms with van der Waals surface area (Å²) < 4.78 is 41.6. The van der Waals surface area contributed by atoms with Gasteiger partial charge in [0.1, 0.15) is 23.3 Å². The van der Waals surface area contributed by atoms with Gasteiger partial charge >= 0.3 is 0 Å². The van der Waals surface area contributed by atoms with Crippen LogP contribution in [0.25, 0.3) is 0 Å². The molecule has 2 aromatic carbocycles. The van der Waals surface area contributed by atoms with Crippen molar-refractivity contribution < 1.29 is 27.4 Å². The predicted octanol–water partition coefficient (Wildman–Crippen LogP) is 2.51. The molecule has 0 spiro atoms. The quantitative estimate of drug-likeness (QED) is 0.721.